The van der Waals surface area contributed by atoms with Crippen LogP contribution in [0, 0.1) is 17.2 Å². The minimum absolute atomic E-state index is 0.367. The average Bonchev–Trinajstić information content (AvgIpc) is 2.40. The molecule has 2 N–H and O–H groups in total. The van der Waals surface area contributed by atoms with Crippen molar-refractivity contribution in [3.8, 4) is 6.07 Å². The Kier molecular flexibility index (Phi) is 3.89. The van der Waals surface area contributed by atoms with Crippen molar-refractivity contribution in [2.45, 2.75) is 19.3 Å². The number of aromatic nitrogens is 2. The Labute approximate surface area is 101 Å². The Balaban J connectivity index is 1.94. The van der Waals surface area contributed by atoms with Gasteiger partial charge in [0.1, 0.15) is 11.9 Å². The van der Waals surface area contributed by atoms with E-state index in [-0.39, 0.29) is 0 Å². The van der Waals surface area contributed by atoms with Crippen LogP contribution in [-0.4, -0.2) is 29.6 Å². The summed E-state index contributed by atoms with van der Waals surface area (Å²) < 4.78 is 0. The Bertz CT molecular complexity index is 386. The third-order valence-electron chi connectivity index (χ3n) is 3.27. The van der Waals surface area contributed by atoms with E-state index in [2.05, 4.69) is 14.9 Å². The van der Waals surface area contributed by atoms with Crippen LogP contribution in [0.15, 0.2) is 12.4 Å². The fourth-order valence-electron chi connectivity index (χ4n) is 2.23. The summed E-state index contributed by atoms with van der Waals surface area (Å²) in [5, 5.41) is 8.65. The van der Waals surface area contributed by atoms with Crippen molar-refractivity contribution in [1.29, 1.82) is 5.26 Å². The lowest BCUT2D eigenvalue weighted by Crippen LogP contribution is -2.34. The maximum absolute atomic E-state index is 8.65. The molecule has 0 aliphatic carbocycles. The molecule has 0 unspecified atom stereocenters. The third kappa shape index (κ3) is 2.92. The summed E-state index contributed by atoms with van der Waals surface area (Å²) in [5.41, 5.74) is 5.94. The summed E-state index contributed by atoms with van der Waals surface area (Å²) in [5.74, 6) is 1.62. The molecule has 5 heteroatoms. The lowest BCUT2D eigenvalue weighted by atomic mass is 9.94. The highest BCUT2D eigenvalue weighted by Gasteiger charge is 2.19. The maximum Gasteiger partial charge on any atom is 0.158 e. The van der Waals surface area contributed by atoms with Crippen LogP contribution in [0.4, 0.5) is 5.82 Å². The van der Waals surface area contributed by atoms with Crippen LogP contribution in [0.3, 0.4) is 0 Å². The van der Waals surface area contributed by atoms with Crippen LogP contribution in [-0.2, 0) is 0 Å². The van der Waals surface area contributed by atoms with Crippen LogP contribution in [0.5, 0.6) is 0 Å². The molecule has 90 valence electrons. The van der Waals surface area contributed by atoms with Crippen molar-refractivity contribution in [3.05, 3.63) is 18.1 Å². The molecule has 0 saturated carbocycles. The first-order valence-corrected chi connectivity index (χ1v) is 6.00. The second-order valence-corrected chi connectivity index (χ2v) is 4.38. The van der Waals surface area contributed by atoms with E-state index in [0.29, 0.717) is 5.69 Å². The van der Waals surface area contributed by atoms with E-state index in [1.165, 1.54) is 19.0 Å². The van der Waals surface area contributed by atoms with E-state index in [1.54, 1.807) is 6.20 Å². The van der Waals surface area contributed by atoms with Crippen LogP contribution >= 0.6 is 0 Å². The van der Waals surface area contributed by atoms with E-state index in [0.717, 1.165) is 37.8 Å². The zero-order valence-electron chi connectivity index (χ0n) is 9.84. The van der Waals surface area contributed by atoms with Gasteiger partial charge in [0.25, 0.3) is 0 Å². The zero-order chi connectivity index (χ0) is 12.1. The first kappa shape index (κ1) is 11.8. The summed E-state index contributed by atoms with van der Waals surface area (Å²) >= 11 is 0. The molecule has 2 rings (SSSR count). The molecular weight excluding hydrogens is 214 g/mol. The van der Waals surface area contributed by atoms with Gasteiger partial charge in [-0.05, 0) is 31.7 Å². The molecule has 5 nitrogen and oxygen atoms in total. The molecule has 0 spiro atoms. The van der Waals surface area contributed by atoms with Gasteiger partial charge < -0.3 is 10.6 Å². The number of hydrogen-bond acceptors (Lipinski definition) is 5. The second-order valence-electron chi connectivity index (χ2n) is 4.38. The highest BCUT2D eigenvalue weighted by atomic mass is 15.2. The van der Waals surface area contributed by atoms with Gasteiger partial charge in [0.2, 0.25) is 0 Å². The van der Waals surface area contributed by atoms with Crippen LogP contribution in [0.1, 0.15) is 25.0 Å². The molecule has 0 radical (unpaired) electrons. The van der Waals surface area contributed by atoms with E-state index >= 15 is 0 Å². The van der Waals surface area contributed by atoms with E-state index < -0.39 is 0 Å². The number of nitrogens with zero attached hydrogens (tertiary/aromatic N) is 4. The van der Waals surface area contributed by atoms with Crippen molar-refractivity contribution in [2.75, 3.05) is 24.5 Å². The second kappa shape index (κ2) is 5.60. The SMILES string of the molecule is N#Cc1cnc(N2CCC(CCN)CC2)cn1. The van der Waals surface area contributed by atoms with E-state index in [9.17, 15) is 0 Å². The standard InChI is InChI=1S/C12H17N5/c13-4-1-10-2-5-17(6-3-10)12-9-15-11(7-14)8-16-12/h8-10H,1-6,13H2. The van der Waals surface area contributed by atoms with Crippen molar-refractivity contribution < 1.29 is 0 Å². The molecule has 1 aliphatic rings. The summed E-state index contributed by atoms with van der Waals surface area (Å²) in [4.78, 5) is 10.5. The van der Waals surface area contributed by atoms with Crippen LogP contribution in [0.25, 0.3) is 0 Å². The van der Waals surface area contributed by atoms with E-state index in [4.69, 9.17) is 11.0 Å². The predicted octanol–water partition coefficient (Wildman–Crippen LogP) is 0.913. The maximum atomic E-state index is 8.65. The molecule has 0 bridgehead atoms. The smallest absolute Gasteiger partial charge is 0.158 e. The van der Waals surface area contributed by atoms with Gasteiger partial charge in [0.05, 0.1) is 12.4 Å². The lowest BCUT2D eigenvalue weighted by molar-refractivity contribution is 0.385. The Morgan fingerprint density at radius 1 is 1.35 bits per heavy atom. The third-order valence-corrected chi connectivity index (χ3v) is 3.27. The van der Waals surface area contributed by atoms with Gasteiger partial charge in [-0.25, -0.2) is 9.97 Å². The number of piperidine rings is 1. The zero-order valence-corrected chi connectivity index (χ0v) is 9.84. The number of rotatable bonds is 3. The predicted molar refractivity (Wildman–Crippen MR) is 65.4 cm³/mol. The monoisotopic (exact) mass is 231 g/mol. The highest BCUT2D eigenvalue weighted by molar-refractivity contribution is 5.37. The number of hydrogen-bond donors (Lipinski definition) is 1. The van der Waals surface area contributed by atoms with Gasteiger partial charge in [-0.1, -0.05) is 0 Å². The van der Waals surface area contributed by atoms with E-state index in [1.807, 2.05) is 6.07 Å². The number of nitrogens with two attached hydrogens (primary N) is 1. The van der Waals surface area contributed by atoms with Crippen molar-refractivity contribution >= 4 is 5.82 Å². The van der Waals surface area contributed by atoms with Crippen molar-refractivity contribution in [3.63, 3.8) is 0 Å². The van der Waals surface area contributed by atoms with Gasteiger partial charge >= 0.3 is 0 Å². The molecular formula is C12H17N5. The quantitative estimate of drug-likeness (QED) is 0.836. The molecule has 0 aromatic carbocycles. The summed E-state index contributed by atoms with van der Waals surface area (Å²) in [7, 11) is 0. The minimum atomic E-state index is 0.367. The molecule has 17 heavy (non-hydrogen) atoms. The van der Waals surface area contributed by atoms with Crippen molar-refractivity contribution in [1.82, 2.24) is 9.97 Å². The molecule has 0 atom stereocenters. The summed E-state index contributed by atoms with van der Waals surface area (Å²) in [6.45, 7) is 2.79. The average molecular weight is 231 g/mol. The largest absolute Gasteiger partial charge is 0.355 e. The highest BCUT2D eigenvalue weighted by Crippen LogP contribution is 2.22. The summed E-state index contributed by atoms with van der Waals surface area (Å²) in [6, 6.07) is 1.97. The normalized spacial score (nSPS) is 16.8. The molecule has 1 fully saturated rings. The molecule has 1 aromatic rings. The molecule has 1 aromatic heterocycles. The fourth-order valence-corrected chi connectivity index (χ4v) is 2.23. The van der Waals surface area contributed by atoms with Gasteiger partial charge in [0, 0.05) is 13.1 Å². The Morgan fingerprint density at radius 3 is 2.65 bits per heavy atom. The van der Waals surface area contributed by atoms with Crippen LogP contribution < -0.4 is 10.6 Å². The first-order valence-electron chi connectivity index (χ1n) is 6.00. The minimum Gasteiger partial charge on any atom is -0.355 e. The first-order chi connectivity index (χ1) is 8.33. The fraction of sp³-hybridized carbons (Fsp3) is 0.583. The summed E-state index contributed by atoms with van der Waals surface area (Å²) in [6.07, 6.45) is 6.66. The topological polar surface area (TPSA) is 78.8 Å². The van der Waals surface area contributed by atoms with Gasteiger partial charge in [0.15, 0.2) is 5.69 Å². The molecule has 2 heterocycles. The molecule has 1 aliphatic heterocycles. The van der Waals surface area contributed by atoms with Gasteiger partial charge in [-0.2, -0.15) is 5.26 Å². The molecule has 0 amide bonds. The molecule has 1 saturated heterocycles. The number of nitriles is 1. The number of anilines is 1. The van der Waals surface area contributed by atoms with Gasteiger partial charge in [-0.15, -0.1) is 0 Å². The lowest BCUT2D eigenvalue weighted by Gasteiger charge is -2.32. The Hall–Kier alpha value is -1.67. The van der Waals surface area contributed by atoms with Crippen LogP contribution in [0.2, 0.25) is 0 Å². The Morgan fingerprint density at radius 2 is 2.12 bits per heavy atom. The van der Waals surface area contributed by atoms with Gasteiger partial charge in [-0.3, -0.25) is 0 Å². The van der Waals surface area contributed by atoms with Crippen molar-refractivity contribution in [2.24, 2.45) is 11.7 Å².